The van der Waals surface area contributed by atoms with Crippen LogP contribution in [0.4, 0.5) is 0 Å². The van der Waals surface area contributed by atoms with Gasteiger partial charge in [-0.1, -0.05) is 18.9 Å². The molecule has 0 N–H and O–H groups in total. The maximum atomic E-state index is 12.5. The SMILES string of the molecule is O=C(Cn1ccccc1=O)N1CCC[C@H]2CCCC[C@@H]21. The number of carbonyl (C=O) groups excluding carboxylic acids is 1. The lowest BCUT2D eigenvalue weighted by Crippen LogP contribution is -2.51. The van der Waals surface area contributed by atoms with Gasteiger partial charge < -0.3 is 9.47 Å². The molecule has 0 spiro atoms. The Morgan fingerprint density at radius 3 is 2.80 bits per heavy atom. The third kappa shape index (κ3) is 2.65. The molecule has 4 nitrogen and oxygen atoms in total. The Balaban J connectivity index is 1.73. The average Bonchev–Trinajstić information content (AvgIpc) is 2.49. The van der Waals surface area contributed by atoms with Gasteiger partial charge in [0.25, 0.3) is 5.56 Å². The summed E-state index contributed by atoms with van der Waals surface area (Å²) in [4.78, 5) is 26.3. The largest absolute Gasteiger partial charge is 0.338 e. The van der Waals surface area contributed by atoms with Crippen molar-refractivity contribution in [3.8, 4) is 0 Å². The molecule has 1 aromatic rings. The number of hydrogen-bond acceptors (Lipinski definition) is 2. The topological polar surface area (TPSA) is 42.3 Å². The first-order chi connectivity index (χ1) is 9.75. The fourth-order valence-corrected chi connectivity index (χ4v) is 3.76. The number of aromatic nitrogens is 1. The van der Waals surface area contributed by atoms with Gasteiger partial charge in [-0.2, -0.15) is 0 Å². The van der Waals surface area contributed by atoms with E-state index in [1.807, 2.05) is 4.90 Å². The molecule has 0 aromatic carbocycles. The van der Waals surface area contributed by atoms with Gasteiger partial charge in [-0.25, -0.2) is 0 Å². The second-order valence-electron chi connectivity index (χ2n) is 6.01. The molecular weight excluding hydrogens is 252 g/mol. The van der Waals surface area contributed by atoms with Crippen molar-refractivity contribution < 1.29 is 4.79 Å². The summed E-state index contributed by atoms with van der Waals surface area (Å²) in [5, 5.41) is 0. The van der Waals surface area contributed by atoms with Gasteiger partial charge in [0.1, 0.15) is 6.54 Å². The highest BCUT2D eigenvalue weighted by molar-refractivity contribution is 5.76. The van der Waals surface area contributed by atoms with Crippen LogP contribution < -0.4 is 5.56 Å². The lowest BCUT2D eigenvalue weighted by Gasteiger charge is -2.44. The first-order valence-electron chi connectivity index (χ1n) is 7.70. The summed E-state index contributed by atoms with van der Waals surface area (Å²) in [6.07, 6.45) is 9.01. The average molecular weight is 274 g/mol. The van der Waals surface area contributed by atoms with E-state index in [0.29, 0.717) is 12.0 Å². The zero-order chi connectivity index (χ0) is 13.9. The molecule has 4 heteroatoms. The second-order valence-corrected chi connectivity index (χ2v) is 6.01. The summed E-state index contributed by atoms with van der Waals surface area (Å²) in [6, 6.07) is 5.44. The van der Waals surface area contributed by atoms with Gasteiger partial charge in [0, 0.05) is 24.8 Å². The smallest absolute Gasteiger partial charge is 0.250 e. The second kappa shape index (κ2) is 5.81. The lowest BCUT2D eigenvalue weighted by atomic mass is 9.78. The third-order valence-corrected chi connectivity index (χ3v) is 4.77. The molecule has 2 heterocycles. The molecule has 108 valence electrons. The fraction of sp³-hybridized carbons (Fsp3) is 0.625. The van der Waals surface area contributed by atoms with E-state index in [1.54, 1.807) is 18.3 Å². The first kappa shape index (κ1) is 13.4. The zero-order valence-corrected chi connectivity index (χ0v) is 11.8. The summed E-state index contributed by atoms with van der Waals surface area (Å²) >= 11 is 0. The minimum Gasteiger partial charge on any atom is -0.338 e. The molecule has 1 saturated carbocycles. The van der Waals surface area contributed by atoms with E-state index >= 15 is 0 Å². The van der Waals surface area contributed by atoms with Crippen molar-refractivity contribution in [1.29, 1.82) is 0 Å². The molecule has 2 fully saturated rings. The van der Waals surface area contributed by atoms with Crippen LogP contribution in [0.25, 0.3) is 0 Å². The highest BCUT2D eigenvalue weighted by Gasteiger charge is 2.35. The van der Waals surface area contributed by atoms with Crippen molar-refractivity contribution in [2.75, 3.05) is 6.54 Å². The number of likely N-dealkylation sites (tertiary alicyclic amines) is 1. The van der Waals surface area contributed by atoms with E-state index < -0.39 is 0 Å². The number of fused-ring (bicyclic) bond motifs is 1. The summed E-state index contributed by atoms with van der Waals surface area (Å²) < 4.78 is 1.51. The van der Waals surface area contributed by atoms with Gasteiger partial charge in [-0.3, -0.25) is 9.59 Å². The van der Waals surface area contributed by atoms with Crippen LogP contribution in [0.3, 0.4) is 0 Å². The van der Waals surface area contributed by atoms with Crippen molar-refractivity contribution in [3.63, 3.8) is 0 Å². The van der Waals surface area contributed by atoms with Gasteiger partial charge in [0.05, 0.1) is 0 Å². The Hall–Kier alpha value is -1.58. The predicted octanol–water partition coefficient (Wildman–Crippen LogP) is 2.03. The Morgan fingerprint density at radius 2 is 1.95 bits per heavy atom. The molecule has 0 bridgehead atoms. The minimum atomic E-state index is -0.0990. The summed E-state index contributed by atoms with van der Waals surface area (Å²) in [6.45, 7) is 1.05. The molecular formula is C16H22N2O2. The van der Waals surface area contributed by atoms with E-state index in [2.05, 4.69) is 0 Å². The zero-order valence-electron chi connectivity index (χ0n) is 11.8. The monoisotopic (exact) mass is 274 g/mol. The van der Waals surface area contributed by atoms with Crippen LogP contribution in [0.15, 0.2) is 29.2 Å². The van der Waals surface area contributed by atoms with E-state index in [0.717, 1.165) is 19.4 Å². The van der Waals surface area contributed by atoms with E-state index in [1.165, 1.54) is 36.3 Å². The molecule has 1 aromatic heterocycles. The van der Waals surface area contributed by atoms with Crippen molar-refractivity contribution in [2.24, 2.45) is 5.92 Å². The van der Waals surface area contributed by atoms with E-state index in [9.17, 15) is 9.59 Å². The first-order valence-corrected chi connectivity index (χ1v) is 7.70. The van der Waals surface area contributed by atoms with Gasteiger partial charge in [0.2, 0.25) is 5.91 Å². The number of rotatable bonds is 2. The number of amides is 1. The van der Waals surface area contributed by atoms with Crippen LogP contribution in [0.5, 0.6) is 0 Å². The Labute approximate surface area is 119 Å². The predicted molar refractivity (Wildman–Crippen MR) is 77.4 cm³/mol. The number of hydrogen-bond donors (Lipinski definition) is 0. The van der Waals surface area contributed by atoms with Crippen molar-refractivity contribution in [1.82, 2.24) is 9.47 Å². The Morgan fingerprint density at radius 1 is 1.15 bits per heavy atom. The van der Waals surface area contributed by atoms with Gasteiger partial charge in [-0.05, 0) is 37.7 Å². The maximum absolute atomic E-state index is 12.5. The summed E-state index contributed by atoms with van der Waals surface area (Å²) in [7, 11) is 0. The molecule has 1 aliphatic heterocycles. The molecule has 0 unspecified atom stereocenters. The third-order valence-electron chi connectivity index (χ3n) is 4.77. The standard InChI is InChI=1S/C16H22N2O2/c19-15-9-3-4-10-17(15)12-16(20)18-11-5-7-13-6-1-2-8-14(13)18/h3-4,9-10,13-14H,1-2,5-8,11-12H2/t13-,14+/m1/s1. The number of piperidine rings is 1. The molecule has 2 aliphatic rings. The number of pyridine rings is 1. The summed E-state index contributed by atoms with van der Waals surface area (Å²) in [5.41, 5.74) is -0.0990. The van der Waals surface area contributed by atoms with E-state index in [-0.39, 0.29) is 18.0 Å². The molecule has 3 rings (SSSR count). The highest BCUT2D eigenvalue weighted by atomic mass is 16.2. The molecule has 1 amide bonds. The normalized spacial score (nSPS) is 26.1. The minimum absolute atomic E-state index is 0.0990. The lowest BCUT2D eigenvalue weighted by molar-refractivity contribution is -0.138. The van der Waals surface area contributed by atoms with Crippen LogP contribution in [-0.4, -0.2) is 28.0 Å². The van der Waals surface area contributed by atoms with Crippen LogP contribution in [-0.2, 0) is 11.3 Å². The number of carbonyl (C=O) groups is 1. The van der Waals surface area contributed by atoms with Crippen LogP contribution in [0.1, 0.15) is 38.5 Å². The van der Waals surface area contributed by atoms with Crippen molar-refractivity contribution >= 4 is 5.91 Å². The highest BCUT2D eigenvalue weighted by Crippen LogP contribution is 2.35. The van der Waals surface area contributed by atoms with Crippen LogP contribution in [0, 0.1) is 5.92 Å². The quantitative estimate of drug-likeness (QED) is 0.828. The summed E-state index contributed by atoms with van der Waals surface area (Å²) in [5.74, 6) is 0.795. The Bertz CT molecular complexity index is 535. The van der Waals surface area contributed by atoms with Crippen molar-refractivity contribution in [2.45, 2.75) is 51.1 Å². The van der Waals surface area contributed by atoms with E-state index in [4.69, 9.17) is 0 Å². The molecule has 20 heavy (non-hydrogen) atoms. The van der Waals surface area contributed by atoms with Gasteiger partial charge in [-0.15, -0.1) is 0 Å². The Kier molecular flexibility index (Phi) is 3.90. The maximum Gasteiger partial charge on any atom is 0.250 e. The van der Waals surface area contributed by atoms with Crippen LogP contribution >= 0.6 is 0 Å². The van der Waals surface area contributed by atoms with Gasteiger partial charge >= 0.3 is 0 Å². The molecule has 2 atom stereocenters. The number of nitrogens with zero attached hydrogens (tertiary/aromatic N) is 2. The van der Waals surface area contributed by atoms with Crippen LogP contribution in [0.2, 0.25) is 0 Å². The fourth-order valence-electron chi connectivity index (χ4n) is 3.76. The molecule has 1 aliphatic carbocycles. The van der Waals surface area contributed by atoms with Gasteiger partial charge in [0.15, 0.2) is 0 Å². The molecule has 0 radical (unpaired) electrons. The molecule has 1 saturated heterocycles. The van der Waals surface area contributed by atoms with Crippen molar-refractivity contribution in [3.05, 3.63) is 34.7 Å².